The summed E-state index contributed by atoms with van der Waals surface area (Å²) >= 11 is 0. The largest absolute Gasteiger partial charge is 0.354 e. The van der Waals surface area contributed by atoms with E-state index in [0.717, 1.165) is 6.42 Å². The first-order valence-electron chi connectivity index (χ1n) is 6.29. The second-order valence-corrected chi connectivity index (χ2v) is 4.72. The zero-order valence-electron chi connectivity index (χ0n) is 9.98. The molecule has 1 aliphatic rings. The van der Waals surface area contributed by atoms with E-state index in [1.807, 2.05) is 0 Å². The Bertz CT molecular complexity index is 803. The van der Waals surface area contributed by atoms with Crippen molar-refractivity contribution in [1.82, 2.24) is 4.98 Å². The van der Waals surface area contributed by atoms with E-state index in [9.17, 15) is 0 Å². The minimum Gasteiger partial charge on any atom is -0.354 e. The molecule has 18 heavy (non-hydrogen) atoms. The molecule has 1 aliphatic carbocycles. The normalized spacial score (nSPS) is 14.6. The molecule has 0 aliphatic heterocycles. The molecule has 0 saturated carbocycles. The quantitative estimate of drug-likeness (QED) is 0.626. The highest BCUT2D eigenvalue weighted by atomic mass is 14.7. The summed E-state index contributed by atoms with van der Waals surface area (Å²) < 4.78 is 0. The van der Waals surface area contributed by atoms with Gasteiger partial charge in [0.25, 0.3) is 0 Å². The molecule has 86 valence electrons. The lowest BCUT2D eigenvalue weighted by Gasteiger charge is -2.03. The highest BCUT2D eigenvalue weighted by Crippen LogP contribution is 2.33. The van der Waals surface area contributed by atoms with Gasteiger partial charge in [0, 0.05) is 21.9 Å². The third-order valence-electron chi connectivity index (χ3n) is 3.66. The Balaban J connectivity index is 2.10. The Morgan fingerprint density at radius 2 is 1.78 bits per heavy atom. The molecule has 0 amide bonds. The Kier molecular flexibility index (Phi) is 1.95. The molecule has 1 aromatic heterocycles. The molecule has 1 N–H and O–H groups in total. The van der Waals surface area contributed by atoms with Crippen LogP contribution in [0.4, 0.5) is 0 Å². The lowest BCUT2D eigenvalue weighted by atomic mass is 10.0. The molecule has 4 rings (SSSR count). The topological polar surface area (TPSA) is 15.8 Å². The monoisotopic (exact) mass is 231 g/mol. The molecule has 0 atom stereocenters. The van der Waals surface area contributed by atoms with Crippen molar-refractivity contribution in [2.24, 2.45) is 0 Å². The first kappa shape index (κ1) is 9.72. The van der Waals surface area contributed by atoms with E-state index >= 15 is 0 Å². The predicted molar refractivity (Wildman–Crippen MR) is 77.5 cm³/mol. The summed E-state index contributed by atoms with van der Waals surface area (Å²) in [5.41, 5.74) is 5.20. The molecule has 0 bridgehead atoms. The van der Waals surface area contributed by atoms with Crippen LogP contribution in [-0.2, 0) is 0 Å². The summed E-state index contributed by atoms with van der Waals surface area (Å²) in [5, 5.41) is 2.62. The molecule has 1 heteroatoms. The molecule has 3 aromatic rings. The highest BCUT2D eigenvalue weighted by molar-refractivity contribution is 6.10. The number of rotatable bonds is 1. The average molecular weight is 231 g/mol. The molecule has 0 saturated heterocycles. The van der Waals surface area contributed by atoms with Crippen LogP contribution in [-0.4, -0.2) is 4.98 Å². The zero-order valence-corrected chi connectivity index (χ0v) is 9.98. The summed E-state index contributed by atoms with van der Waals surface area (Å²) in [4.78, 5) is 3.55. The first-order valence-corrected chi connectivity index (χ1v) is 6.29. The fourth-order valence-electron chi connectivity index (χ4n) is 2.79. The number of hydrogen-bond acceptors (Lipinski definition) is 0. The van der Waals surface area contributed by atoms with Crippen molar-refractivity contribution in [2.75, 3.05) is 0 Å². The summed E-state index contributed by atoms with van der Waals surface area (Å²) in [5.74, 6) is 0. The molecular weight excluding hydrogens is 218 g/mol. The minimum atomic E-state index is 1.04. The molecule has 2 aromatic carbocycles. The van der Waals surface area contributed by atoms with E-state index in [1.54, 1.807) is 0 Å². The van der Waals surface area contributed by atoms with Crippen molar-refractivity contribution in [3.05, 3.63) is 66.3 Å². The Hall–Kier alpha value is -2.28. The summed E-state index contributed by atoms with van der Waals surface area (Å²) in [7, 11) is 0. The van der Waals surface area contributed by atoms with E-state index in [0.29, 0.717) is 0 Å². The summed E-state index contributed by atoms with van der Waals surface area (Å²) in [6.45, 7) is 0. The summed E-state index contributed by atoms with van der Waals surface area (Å²) in [6, 6.07) is 15.0. The highest BCUT2D eigenvalue weighted by Gasteiger charge is 2.11. The van der Waals surface area contributed by atoms with Crippen molar-refractivity contribution in [3.63, 3.8) is 0 Å². The number of nitrogens with one attached hydrogen (secondary N) is 1. The van der Waals surface area contributed by atoms with Crippen LogP contribution in [0.1, 0.15) is 12.0 Å². The van der Waals surface area contributed by atoms with Crippen molar-refractivity contribution in [1.29, 1.82) is 0 Å². The van der Waals surface area contributed by atoms with Gasteiger partial charge in [-0.2, -0.15) is 0 Å². The maximum atomic E-state index is 3.55. The van der Waals surface area contributed by atoms with Gasteiger partial charge < -0.3 is 4.98 Å². The Labute approximate surface area is 105 Å². The number of allylic oxidation sites excluding steroid dienone is 4. The Morgan fingerprint density at radius 3 is 2.67 bits per heavy atom. The zero-order chi connectivity index (χ0) is 11.9. The maximum Gasteiger partial charge on any atom is 0.0541 e. The first-order chi connectivity index (χ1) is 8.93. The molecule has 0 radical (unpaired) electrons. The van der Waals surface area contributed by atoms with Gasteiger partial charge in [0.1, 0.15) is 0 Å². The Morgan fingerprint density at radius 1 is 0.889 bits per heavy atom. The SMILES string of the molecule is C1=CCC(c2cccc3c2[nH]c2ccccc23)=C1. The second kappa shape index (κ2) is 3.61. The van der Waals surface area contributed by atoms with Gasteiger partial charge in [-0.1, -0.05) is 54.6 Å². The molecule has 0 spiro atoms. The lowest BCUT2D eigenvalue weighted by molar-refractivity contribution is 1.43. The van der Waals surface area contributed by atoms with Crippen LogP contribution >= 0.6 is 0 Å². The number of benzene rings is 2. The van der Waals surface area contributed by atoms with Gasteiger partial charge >= 0.3 is 0 Å². The van der Waals surface area contributed by atoms with Crippen LogP contribution in [0.15, 0.2) is 60.7 Å². The van der Waals surface area contributed by atoms with Crippen LogP contribution in [0, 0.1) is 0 Å². The number of para-hydroxylation sites is 2. The van der Waals surface area contributed by atoms with Crippen molar-refractivity contribution < 1.29 is 0 Å². The average Bonchev–Trinajstić information content (AvgIpc) is 3.05. The van der Waals surface area contributed by atoms with Crippen LogP contribution in [0.5, 0.6) is 0 Å². The smallest absolute Gasteiger partial charge is 0.0541 e. The van der Waals surface area contributed by atoms with Crippen molar-refractivity contribution >= 4 is 27.4 Å². The van der Waals surface area contributed by atoms with E-state index in [-0.39, 0.29) is 0 Å². The number of aromatic nitrogens is 1. The van der Waals surface area contributed by atoms with Crippen molar-refractivity contribution in [2.45, 2.75) is 6.42 Å². The van der Waals surface area contributed by atoms with Crippen LogP contribution < -0.4 is 0 Å². The van der Waals surface area contributed by atoms with Crippen LogP contribution in [0.25, 0.3) is 27.4 Å². The van der Waals surface area contributed by atoms with Gasteiger partial charge in [-0.05, 0) is 18.1 Å². The molecule has 0 fully saturated rings. The van der Waals surface area contributed by atoms with Gasteiger partial charge in [-0.25, -0.2) is 0 Å². The van der Waals surface area contributed by atoms with Gasteiger partial charge in [0.2, 0.25) is 0 Å². The fraction of sp³-hybridized carbons (Fsp3) is 0.0588. The molecule has 1 nitrogen and oxygen atoms in total. The molecule has 1 heterocycles. The number of H-pyrrole nitrogens is 1. The third-order valence-corrected chi connectivity index (χ3v) is 3.66. The minimum absolute atomic E-state index is 1.04. The van der Waals surface area contributed by atoms with E-state index in [4.69, 9.17) is 0 Å². The third kappa shape index (κ3) is 1.28. The van der Waals surface area contributed by atoms with Gasteiger partial charge in [0.15, 0.2) is 0 Å². The lowest BCUT2D eigenvalue weighted by Crippen LogP contribution is -1.83. The number of fused-ring (bicyclic) bond motifs is 3. The maximum absolute atomic E-state index is 3.55. The standard InChI is InChI=1S/C17H13N/c1-2-7-12(6-1)13-9-5-10-15-14-8-3-4-11-16(14)18-17(13)15/h1-6,8-11,18H,7H2. The van der Waals surface area contributed by atoms with Crippen LogP contribution in [0.3, 0.4) is 0 Å². The van der Waals surface area contributed by atoms with Gasteiger partial charge in [-0.3, -0.25) is 0 Å². The second-order valence-electron chi connectivity index (χ2n) is 4.72. The van der Waals surface area contributed by atoms with Crippen molar-refractivity contribution in [3.8, 4) is 0 Å². The molecular formula is C17H13N. The molecule has 0 unspecified atom stereocenters. The predicted octanol–water partition coefficient (Wildman–Crippen LogP) is 4.66. The number of aromatic amines is 1. The van der Waals surface area contributed by atoms with Gasteiger partial charge in [-0.15, -0.1) is 0 Å². The van der Waals surface area contributed by atoms with E-state index in [2.05, 4.69) is 65.7 Å². The van der Waals surface area contributed by atoms with E-state index in [1.165, 1.54) is 32.9 Å². The van der Waals surface area contributed by atoms with Gasteiger partial charge in [0.05, 0.1) is 5.52 Å². The fourth-order valence-corrected chi connectivity index (χ4v) is 2.79. The van der Waals surface area contributed by atoms with Crippen LogP contribution in [0.2, 0.25) is 0 Å². The summed E-state index contributed by atoms with van der Waals surface area (Å²) in [6.07, 6.45) is 7.59. The van der Waals surface area contributed by atoms with E-state index < -0.39 is 0 Å². The number of hydrogen-bond donors (Lipinski definition) is 1.